The SMILES string of the molecule is CCCCCN(Cc1cccn1Cc1cccc(Cl)c1)C(=O)COCc1ccccc1. The molecule has 2 aromatic carbocycles. The molecule has 0 radical (unpaired) electrons. The Morgan fingerprint density at radius 3 is 2.58 bits per heavy atom. The molecule has 0 bridgehead atoms. The van der Waals surface area contributed by atoms with E-state index in [0.717, 1.165) is 54.2 Å². The van der Waals surface area contributed by atoms with Crippen LogP contribution in [-0.2, 0) is 29.2 Å². The molecule has 164 valence electrons. The number of carbonyl (C=O) groups excluding carboxylic acids is 1. The van der Waals surface area contributed by atoms with Gasteiger partial charge in [0, 0.05) is 30.0 Å². The maximum Gasteiger partial charge on any atom is 0.248 e. The molecule has 0 fully saturated rings. The van der Waals surface area contributed by atoms with Crippen LogP contribution in [0.25, 0.3) is 0 Å². The van der Waals surface area contributed by atoms with Crippen molar-refractivity contribution in [2.75, 3.05) is 13.2 Å². The number of ether oxygens (including phenoxy) is 1. The van der Waals surface area contributed by atoms with Crippen molar-refractivity contribution < 1.29 is 9.53 Å². The van der Waals surface area contributed by atoms with Gasteiger partial charge in [0.15, 0.2) is 0 Å². The summed E-state index contributed by atoms with van der Waals surface area (Å²) in [5.41, 5.74) is 3.32. The van der Waals surface area contributed by atoms with Crippen molar-refractivity contribution in [2.24, 2.45) is 0 Å². The van der Waals surface area contributed by atoms with Gasteiger partial charge in [0.25, 0.3) is 0 Å². The van der Waals surface area contributed by atoms with E-state index >= 15 is 0 Å². The first-order chi connectivity index (χ1) is 15.2. The second-order valence-electron chi connectivity index (χ2n) is 7.76. The van der Waals surface area contributed by atoms with Crippen molar-refractivity contribution in [1.29, 1.82) is 0 Å². The fourth-order valence-electron chi connectivity index (χ4n) is 3.54. The van der Waals surface area contributed by atoms with Gasteiger partial charge in [0.1, 0.15) is 6.61 Å². The molecule has 0 atom stereocenters. The number of unbranched alkanes of at least 4 members (excludes halogenated alkanes) is 2. The molecule has 0 spiro atoms. The van der Waals surface area contributed by atoms with Crippen LogP contribution < -0.4 is 0 Å². The molecule has 0 N–H and O–H groups in total. The average Bonchev–Trinajstić information content (AvgIpc) is 3.20. The molecule has 0 unspecified atom stereocenters. The zero-order valence-electron chi connectivity index (χ0n) is 18.2. The maximum atomic E-state index is 12.9. The highest BCUT2D eigenvalue weighted by Gasteiger charge is 2.16. The lowest BCUT2D eigenvalue weighted by molar-refractivity contribution is -0.137. The molecule has 0 saturated carbocycles. The minimum absolute atomic E-state index is 0.0301. The number of rotatable bonds is 12. The molecule has 3 aromatic rings. The third-order valence-corrected chi connectivity index (χ3v) is 5.47. The van der Waals surface area contributed by atoms with Gasteiger partial charge in [0.05, 0.1) is 13.2 Å². The summed E-state index contributed by atoms with van der Waals surface area (Å²) < 4.78 is 7.89. The van der Waals surface area contributed by atoms with E-state index in [1.165, 1.54) is 0 Å². The van der Waals surface area contributed by atoms with E-state index in [-0.39, 0.29) is 12.5 Å². The monoisotopic (exact) mass is 438 g/mol. The van der Waals surface area contributed by atoms with Gasteiger partial charge in [0.2, 0.25) is 5.91 Å². The summed E-state index contributed by atoms with van der Waals surface area (Å²) >= 11 is 6.14. The fraction of sp³-hybridized carbons (Fsp3) is 0.346. The Labute approximate surface area is 190 Å². The third kappa shape index (κ3) is 7.57. The summed E-state index contributed by atoms with van der Waals surface area (Å²) in [6, 6.07) is 21.9. The Morgan fingerprint density at radius 1 is 1.00 bits per heavy atom. The first-order valence-corrected chi connectivity index (χ1v) is 11.3. The molecule has 1 amide bonds. The van der Waals surface area contributed by atoms with Crippen LogP contribution in [0.15, 0.2) is 72.9 Å². The highest BCUT2D eigenvalue weighted by Crippen LogP contribution is 2.15. The smallest absolute Gasteiger partial charge is 0.248 e. The first-order valence-electron chi connectivity index (χ1n) is 10.9. The molecule has 5 heteroatoms. The van der Waals surface area contributed by atoms with Crippen LogP contribution in [0.3, 0.4) is 0 Å². The molecule has 31 heavy (non-hydrogen) atoms. The summed E-state index contributed by atoms with van der Waals surface area (Å²) in [6.07, 6.45) is 5.28. The largest absolute Gasteiger partial charge is 0.367 e. The summed E-state index contributed by atoms with van der Waals surface area (Å²) in [6.45, 7) is 4.75. The maximum absolute atomic E-state index is 12.9. The molecule has 0 aliphatic heterocycles. The van der Waals surface area contributed by atoms with Crippen molar-refractivity contribution in [1.82, 2.24) is 9.47 Å². The minimum Gasteiger partial charge on any atom is -0.367 e. The Kier molecular flexibility index (Phi) is 9.19. The molecule has 1 heterocycles. The predicted molar refractivity (Wildman–Crippen MR) is 126 cm³/mol. The summed E-state index contributed by atoms with van der Waals surface area (Å²) in [5, 5.41) is 0.734. The van der Waals surface area contributed by atoms with Gasteiger partial charge in [-0.2, -0.15) is 0 Å². The Balaban J connectivity index is 1.62. The number of hydrogen-bond acceptors (Lipinski definition) is 2. The van der Waals surface area contributed by atoms with Crippen LogP contribution in [0.2, 0.25) is 5.02 Å². The zero-order valence-corrected chi connectivity index (χ0v) is 18.9. The zero-order chi connectivity index (χ0) is 21.9. The van der Waals surface area contributed by atoms with E-state index in [1.54, 1.807) is 0 Å². The van der Waals surface area contributed by atoms with Gasteiger partial charge in [-0.1, -0.05) is 73.8 Å². The second-order valence-corrected chi connectivity index (χ2v) is 8.19. The third-order valence-electron chi connectivity index (χ3n) is 5.24. The van der Waals surface area contributed by atoms with Crippen molar-refractivity contribution in [3.05, 3.63) is 94.8 Å². The Bertz CT molecular complexity index is 939. The van der Waals surface area contributed by atoms with Crippen molar-refractivity contribution in [3.63, 3.8) is 0 Å². The van der Waals surface area contributed by atoms with Crippen LogP contribution in [0.5, 0.6) is 0 Å². The van der Waals surface area contributed by atoms with E-state index < -0.39 is 0 Å². The molecule has 3 rings (SSSR count). The lowest BCUT2D eigenvalue weighted by atomic mass is 10.2. The van der Waals surface area contributed by atoms with Gasteiger partial charge in [-0.3, -0.25) is 4.79 Å². The van der Waals surface area contributed by atoms with Crippen LogP contribution in [0, 0.1) is 0 Å². The van der Waals surface area contributed by atoms with E-state index in [0.29, 0.717) is 13.2 Å². The minimum atomic E-state index is 0.0301. The van der Waals surface area contributed by atoms with E-state index in [2.05, 4.69) is 29.8 Å². The van der Waals surface area contributed by atoms with Crippen molar-refractivity contribution >= 4 is 17.5 Å². The quantitative estimate of drug-likeness (QED) is 0.328. The average molecular weight is 439 g/mol. The predicted octanol–water partition coefficient (Wildman–Crippen LogP) is 5.93. The van der Waals surface area contributed by atoms with E-state index in [1.807, 2.05) is 59.5 Å². The first kappa shape index (κ1) is 23.1. The highest BCUT2D eigenvalue weighted by atomic mass is 35.5. The molecular weight excluding hydrogens is 408 g/mol. The van der Waals surface area contributed by atoms with E-state index in [9.17, 15) is 4.79 Å². The number of nitrogens with zero attached hydrogens (tertiary/aromatic N) is 2. The lowest BCUT2D eigenvalue weighted by Gasteiger charge is -2.24. The van der Waals surface area contributed by atoms with Crippen LogP contribution in [0.1, 0.15) is 43.0 Å². The molecule has 0 saturated heterocycles. The number of halogens is 1. The van der Waals surface area contributed by atoms with Crippen LogP contribution >= 0.6 is 11.6 Å². The number of hydrogen-bond donors (Lipinski definition) is 0. The van der Waals surface area contributed by atoms with Gasteiger partial charge < -0.3 is 14.2 Å². The molecular formula is C26H31ClN2O2. The van der Waals surface area contributed by atoms with E-state index in [4.69, 9.17) is 16.3 Å². The van der Waals surface area contributed by atoms with Gasteiger partial charge in [-0.25, -0.2) is 0 Å². The van der Waals surface area contributed by atoms with Gasteiger partial charge in [-0.05, 0) is 41.8 Å². The normalized spacial score (nSPS) is 10.9. The topological polar surface area (TPSA) is 34.5 Å². The lowest BCUT2D eigenvalue weighted by Crippen LogP contribution is -2.35. The second kappa shape index (κ2) is 12.3. The number of carbonyl (C=O) groups is 1. The molecule has 4 nitrogen and oxygen atoms in total. The van der Waals surface area contributed by atoms with Crippen LogP contribution in [-0.4, -0.2) is 28.5 Å². The molecule has 0 aliphatic carbocycles. The Hall–Kier alpha value is -2.56. The number of benzene rings is 2. The highest BCUT2D eigenvalue weighted by molar-refractivity contribution is 6.30. The Morgan fingerprint density at radius 2 is 1.81 bits per heavy atom. The van der Waals surface area contributed by atoms with Gasteiger partial charge >= 0.3 is 0 Å². The number of amides is 1. The molecule has 0 aliphatic rings. The fourth-order valence-corrected chi connectivity index (χ4v) is 3.75. The summed E-state index contributed by atoms with van der Waals surface area (Å²) in [5.74, 6) is 0.0301. The molecule has 1 aromatic heterocycles. The van der Waals surface area contributed by atoms with Crippen molar-refractivity contribution in [2.45, 2.75) is 45.9 Å². The van der Waals surface area contributed by atoms with Gasteiger partial charge in [-0.15, -0.1) is 0 Å². The van der Waals surface area contributed by atoms with Crippen molar-refractivity contribution in [3.8, 4) is 0 Å². The van der Waals surface area contributed by atoms with Crippen LogP contribution in [0.4, 0.5) is 0 Å². The summed E-state index contributed by atoms with van der Waals surface area (Å²) in [7, 11) is 0. The number of aromatic nitrogens is 1. The summed E-state index contributed by atoms with van der Waals surface area (Å²) in [4.78, 5) is 14.9. The standard InChI is InChI=1S/C26H31ClN2O2/c1-2-3-7-15-29(26(30)21-31-20-22-10-5-4-6-11-22)19-25-14-9-16-28(25)18-23-12-8-13-24(27)17-23/h4-6,8-14,16-17H,2-3,7,15,18-21H2,1H3.